The Bertz CT molecular complexity index is 664. The van der Waals surface area contributed by atoms with E-state index in [0.29, 0.717) is 18.4 Å². The normalized spacial score (nSPS) is 22.0. The summed E-state index contributed by atoms with van der Waals surface area (Å²) in [4.78, 5) is 23.1. The van der Waals surface area contributed by atoms with Crippen molar-refractivity contribution in [2.45, 2.75) is 25.3 Å². The number of thiophene rings is 1. The van der Waals surface area contributed by atoms with Crippen LogP contribution in [0.3, 0.4) is 0 Å². The van der Waals surface area contributed by atoms with Crippen molar-refractivity contribution in [3.05, 3.63) is 35.2 Å². The summed E-state index contributed by atoms with van der Waals surface area (Å²) >= 11 is 1.65. The average molecular weight is 289 g/mol. The van der Waals surface area contributed by atoms with Crippen LogP contribution in [0.1, 0.15) is 29.6 Å². The van der Waals surface area contributed by atoms with Gasteiger partial charge in [-0.15, -0.1) is 11.3 Å². The fourth-order valence-corrected chi connectivity index (χ4v) is 3.48. The summed E-state index contributed by atoms with van der Waals surface area (Å²) in [6, 6.07) is 7.61. The largest absolute Gasteiger partial charge is 0.481 e. The summed E-state index contributed by atoms with van der Waals surface area (Å²) in [5.41, 5.74) is 0.634. The van der Waals surface area contributed by atoms with E-state index in [2.05, 4.69) is 5.32 Å². The molecule has 1 saturated carbocycles. The fourth-order valence-electron chi connectivity index (χ4n) is 2.71. The van der Waals surface area contributed by atoms with Crippen molar-refractivity contribution in [3.8, 4) is 0 Å². The third-order valence-electron chi connectivity index (χ3n) is 3.83. The summed E-state index contributed by atoms with van der Waals surface area (Å²) in [5.74, 6) is -1.20. The summed E-state index contributed by atoms with van der Waals surface area (Å²) in [5, 5.41) is 15.0. The maximum atomic E-state index is 12.2. The second kappa shape index (κ2) is 5.25. The number of fused-ring (bicyclic) bond motifs is 1. The molecule has 1 heterocycles. The van der Waals surface area contributed by atoms with Crippen molar-refractivity contribution in [1.82, 2.24) is 5.32 Å². The molecule has 0 spiro atoms. The number of hydrogen-bond acceptors (Lipinski definition) is 3. The lowest BCUT2D eigenvalue weighted by Crippen LogP contribution is -2.33. The Morgan fingerprint density at radius 3 is 2.85 bits per heavy atom. The van der Waals surface area contributed by atoms with E-state index < -0.39 is 5.97 Å². The van der Waals surface area contributed by atoms with Crippen LogP contribution in [0.4, 0.5) is 0 Å². The molecule has 2 aromatic rings. The Balaban J connectivity index is 1.68. The van der Waals surface area contributed by atoms with Gasteiger partial charge >= 0.3 is 5.97 Å². The van der Waals surface area contributed by atoms with E-state index in [1.807, 2.05) is 29.6 Å². The highest BCUT2D eigenvalue weighted by Crippen LogP contribution is 2.26. The van der Waals surface area contributed by atoms with Gasteiger partial charge in [-0.1, -0.05) is 0 Å². The first kappa shape index (κ1) is 13.1. The fraction of sp³-hybridized carbons (Fsp3) is 0.333. The minimum absolute atomic E-state index is 0.0261. The van der Waals surface area contributed by atoms with E-state index in [9.17, 15) is 9.59 Å². The van der Waals surface area contributed by atoms with Gasteiger partial charge < -0.3 is 10.4 Å². The first-order valence-electron chi connectivity index (χ1n) is 6.64. The number of aliphatic carboxylic acids is 1. The molecule has 1 aromatic heterocycles. The first-order chi connectivity index (χ1) is 9.63. The Kier molecular flexibility index (Phi) is 3.44. The second-order valence-electron chi connectivity index (χ2n) is 5.19. The number of carbonyl (C=O) groups is 2. The molecule has 5 heteroatoms. The molecule has 0 saturated heterocycles. The van der Waals surface area contributed by atoms with Crippen molar-refractivity contribution in [1.29, 1.82) is 0 Å². The highest BCUT2D eigenvalue weighted by Gasteiger charge is 2.30. The first-order valence-corrected chi connectivity index (χ1v) is 7.52. The molecule has 2 N–H and O–H groups in total. The van der Waals surface area contributed by atoms with Gasteiger partial charge in [0.05, 0.1) is 5.92 Å². The number of rotatable bonds is 3. The quantitative estimate of drug-likeness (QED) is 0.913. The van der Waals surface area contributed by atoms with Gasteiger partial charge in [-0.25, -0.2) is 0 Å². The van der Waals surface area contributed by atoms with Gasteiger partial charge in [0.2, 0.25) is 0 Å². The lowest BCUT2D eigenvalue weighted by atomic mass is 10.1. The molecular formula is C15H15NO3S. The van der Waals surface area contributed by atoms with Crippen molar-refractivity contribution in [3.63, 3.8) is 0 Å². The van der Waals surface area contributed by atoms with Crippen molar-refractivity contribution in [2.24, 2.45) is 5.92 Å². The Morgan fingerprint density at radius 1 is 1.25 bits per heavy atom. The molecule has 1 aliphatic rings. The number of carboxylic acid groups (broad SMARTS) is 1. The number of hydrogen-bond donors (Lipinski definition) is 2. The molecule has 1 amide bonds. The molecule has 0 bridgehead atoms. The van der Waals surface area contributed by atoms with Crippen LogP contribution in [0.5, 0.6) is 0 Å². The Labute approximate surface area is 120 Å². The van der Waals surface area contributed by atoms with Gasteiger partial charge in [-0.3, -0.25) is 9.59 Å². The van der Waals surface area contributed by atoms with Gasteiger partial charge in [0.25, 0.3) is 5.91 Å². The van der Waals surface area contributed by atoms with E-state index >= 15 is 0 Å². The Morgan fingerprint density at radius 2 is 2.10 bits per heavy atom. The van der Waals surface area contributed by atoms with Gasteiger partial charge in [0, 0.05) is 16.3 Å². The highest BCUT2D eigenvalue weighted by molar-refractivity contribution is 7.17. The van der Waals surface area contributed by atoms with Crippen LogP contribution in [0.25, 0.3) is 10.1 Å². The maximum Gasteiger partial charge on any atom is 0.306 e. The van der Waals surface area contributed by atoms with E-state index in [1.54, 1.807) is 11.3 Å². The molecular weight excluding hydrogens is 274 g/mol. The van der Waals surface area contributed by atoms with Gasteiger partial charge in [0.15, 0.2) is 0 Å². The van der Waals surface area contributed by atoms with Crippen LogP contribution in [-0.2, 0) is 4.79 Å². The van der Waals surface area contributed by atoms with Gasteiger partial charge in [0.1, 0.15) is 0 Å². The second-order valence-corrected chi connectivity index (χ2v) is 6.14. The maximum absolute atomic E-state index is 12.2. The number of carbonyl (C=O) groups excluding carboxylic acids is 1. The van der Waals surface area contributed by atoms with E-state index in [-0.39, 0.29) is 17.9 Å². The van der Waals surface area contributed by atoms with Crippen LogP contribution in [-0.4, -0.2) is 23.0 Å². The minimum atomic E-state index is -0.763. The highest BCUT2D eigenvalue weighted by atomic mass is 32.1. The third-order valence-corrected chi connectivity index (χ3v) is 4.73. The molecule has 20 heavy (non-hydrogen) atoms. The summed E-state index contributed by atoms with van der Waals surface area (Å²) in [7, 11) is 0. The zero-order valence-corrected chi connectivity index (χ0v) is 11.7. The van der Waals surface area contributed by atoms with E-state index in [4.69, 9.17) is 5.11 Å². The van der Waals surface area contributed by atoms with Crippen molar-refractivity contribution < 1.29 is 14.7 Å². The summed E-state index contributed by atoms with van der Waals surface area (Å²) in [6.07, 6.45) is 1.91. The number of amides is 1. The molecule has 0 unspecified atom stereocenters. The summed E-state index contributed by atoms with van der Waals surface area (Å²) in [6.45, 7) is 0. The standard InChI is InChI=1S/C15H15NO3S/c17-14(16-12-3-1-11(8-12)15(18)19)10-2-4-13-9(7-10)5-6-20-13/h2,4-7,11-12H,1,3,8H2,(H,16,17)(H,18,19)/t11-,12+/m0/s1. The predicted octanol–water partition coefficient (Wildman–Crippen LogP) is 2.88. The molecule has 104 valence electrons. The van der Waals surface area contributed by atoms with Crippen LogP contribution in [0, 0.1) is 5.92 Å². The number of benzene rings is 1. The van der Waals surface area contributed by atoms with Crippen molar-refractivity contribution >= 4 is 33.3 Å². The predicted molar refractivity (Wildman–Crippen MR) is 78.1 cm³/mol. The lowest BCUT2D eigenvalue weighted by molar-refractivity contribution is -0.141. The molecule has 1 fully saturated rings. The van der Waals surface area contributed by atoms with Crippen LogP contribution < -0.4 is 5.32 Å². The number of carboxylic acids is 1. The SMILES string of the molecule is O=C(N[C@@H]1CC[C@H](C(=O)O)C1)c1ccc2sccc2c1. The lowest BCUT2D eigenvalue weighted by Gasteiger charge is -2.12. The third kappa shape index (κ3) is 2.54. The number of nitrogens with one attached hydrogen (secondary N) is 1. The molecule has 2 atom stereocenters. The monoisotopic (exact) mass is 289 g/mol. The van der Waals surface area contributed by atoms with Gasteiger partial charge in [-0.2, -0.15) is 0 Å². The average Bonchev–Trinajstić information content (AvgIpc) is 3.05. The molecule has 1 aromatic carbocycles. The zero-order chi connectivity index (χ0) is 14.1. The molecule has 0 aliphatic heterocycles. The molecule has 4 nitrogen and oxygen atoms in total. The Hall–Kier alpha value is -1.88. The van der Waals surface area contributed by atoms with Crippen molar-refractivity contribution in [2.75, 3.05) is 0 Å². The summed E-state index contributed by atoms with van der Waals surface area (Å²) < 4.78 is 1.16. The zero-order valence-electron chi connectivity index (χ0n) is 10.8. The molecule has 0 radical (unpaired) electrons. The molecule has 1 aliphatic carbocycles. The van der Waals surface area contributed by atoms with Gasteiger partial charge in [-0.05, 0) is 54.3 Å². The van der Waals surface area contributed by atoms with E-state index in [0.717, 1.165) is 16.5 Å². The van der Waals surface area contributed by atoms with Crippen LogP contribution >= 0.6 is 11.3 Å². The van der Waals surface area contributed by atoms with E-state index in [1.165, 1.54) is 0 Å². The smallest absolute Gasteiger partial charge is 0.306 e. The topological polar surface area (TPSA) is 66.4 Å². The van der Waals surface area contributed by atoms with Crippen LogP contribution in [0.2, 0.25) is 0 Å². The van der Waals surface area contributed by atoms with Crippen LogP contribution in [0.15, 0.2) is 29.6 Å². The molecule has 3 rings (SSSR count). The minimum Gasteiger partial charge on any atom is -0.481 e.